The summed E-state index contributed by atoms with van der Waals surface area (Å²) in [7, 11) is 0. The van der Waals surface area contributed by atoms with Crippen LogP contribution in [-0.4, -0.2) is 44.6 Å². The van der Waals surface area contributed by atoms with Gasteiger partial charge in [0.25, 0.3) is 5.91 Å². The number of hydrogen-bond donors (Lipinski definition) is 3. The van der Waals surface area contributed by atoms with E-state index in [-0.39, 0.29) is 18.4 Å². The minimum atomic E-state index is -0.245. The van der Waals surface area contributed by atoms with Crippen molar-refractivity contribution < 1.29 is 9.59 Å². The maximum absolute atomic E-state index is 12.7. The van der Waals surface area contributed by atoms with E-state index in [0.29, 0.717) is 34.3 Å². The topological polar surface area (TPSA) is 104 Å². The molecular weight excluding hydrogens is 418 g/mol. The van der Waals surface area contributed by atoms with Crippen LogP contribution in [-0.2, 0) is 4.79 Å². The average Bonchev–Trinajstić information content (AvgIpc) is 3.28. The number of amides is 2. The number of rotatable bonds is 6. The second-order valence-corrected chi connectivity index (χ2v) is 7.22. The highest BCUT2D eigenvalue weighted by Gasteiger charge is 2.20. The van der Waals surface area contributed by atoms with Crippen molar-refractivity contribution in [1.29, 1.82) is 0 Å². The van der Waals surface area contributed by atoms with Gasteiger partial charge in [-0.3, -0.25) is 9.59 Å². The van der Waals surface area contributed by atoms with Crippen molar-refractivity contribution in [2.75, 3.05) is 23.7 Å². The fraction of sp³-hybridized carbons (Fsp3) is 0.143. The maximum Gasteiger partial charge on any atom is 0.258 e. The smallest absolute Gasteiger partial charge is 0.258 e. The van der Waals surface area contributed by atoms with Gasteiger partial charge in [0.15, 0.2) is 0 Å². The normalized spacial score (nSPS) is 13.9. The van der Waals surface area contributed by atoms with Gasteiger partial charge in [-0.1, -0.05) is 23.7 Å². The number of carbonyl (C=O) groups excluding carboxylic acids is 2. The van der Waals surface area contributed by atoms with E-state index in [2.05, 4.69) is 26.0 Å². The highest BCUT2D eigenvalue weighted by Crippen LogP contribution is 2.24. The molecular formula is C21H20ClN7O2. The molecule has 10 heteroatoms. The summed E-state index contributed by atoms with van der Waals surface area (Å²) in [6.45, 7) is 2.55. The van der Waals surface area contributed by atoms with Crippen molar-refractivity contribution in [3.8, 4) is 5.69 Å². The van der Waals surface area contributed by atoms with E-state index < -0.39 is 0 Å². The number of benzene rings is 2. The van der Waals surface area contributed by atoms with Crippen LogP contribution in [0.15, 0.2) is 67.1 Å². The average molecular weight is 438 g/mol. The lowest BCUT2D eigenvalue weighted by atomic mass is 10.1. The number of fused-ring (bicyclic) bond motifs is 1. The minimum absolute atomic E-state index is 0.0719. The first-order valence-electron chi connectivity index (χ1n) is 9.61. The molecule has 0 radical (unpaired) electrons. The van der Waals surface area contributed by atoms with Gasteiger partial charge in [0.1, 0.15) is 18.5 Å². The molecule has 3 aromatic rings. The molecule has 4 rings (SSSR count). The number of anilines is 2. The third kappa shape index (κ3) is 4.67. The van der Waals surface area contributed by atoms with Crippen LogP contribution >= 0.6 is 11.6 Å². The summed E-state index contributed by atoms with van der Waals surface area (Å²) in [6.07, 6.45) is 4.66. The Balaban J connectivity index is 1.48. The lowest BCUT2D eigenvalue weighted by Crippen LogP contribution is -2.36. The monoisotopic (exact) mass is 437 g/mol. The second-order valence-electron chi connectivity index (χ2n) is 6.78. The Kier molecular flexibility index (Phi) is 5.85. The zero-order chi connectivity index (χ0) is 21.8. The molecule has 0 saturated carbocycles. The number of halogens is 1. The molecule has 31 heavy (non-hydrogen) atoms. The Bertz CT molecular complexity index is 1140. The van der Waals surface area contributed by atoms with Gasteiger partial charge in [0.05, 0.1) is 29.2 Å². The number of likely N-dealkylation sites (N-methyl/N-ethyl adjacent to an activating group) is 1. The van der Waals surface area contributed by atoms with Gasteiger partial charge in [-0.2, -0.15) is 5.10 Å². The van der Waals surface area contributed by atoms with Crippen molar-refractivity contribution in [3.63, 3.8) is 0 Å². The first-order valence-corrected chi connectivity index (χ1v) is 9.99. The predicted molar refractivity (Wildman–Crippen MR) is 118 cm³/mol. The Labute approximate surface area is 183 Å². The van der Waals surface area contributed by atoms with Gasteiger partial charge in [-0.25, -0.2) is 9.67 Å². The summed E-state index contributed by atoms with van der Waals surface area (Å²) in [5, 5.41) is 13.4. The molecule has 158 valence electrons. The molecule has 1 aromatic heterocycles. The molecule has 0 unspecified atom stereocenters. The fourth-order valence-electron chi connectivity index (χ4n) is 3.17. The summed E-state index contributed by atoms with van der Waals surface area (Å²) >= 11 is 6.11. The van der Waals surface area contributed by atoms with Crippen molar-refractivity contribution in [1.82, 2.24) is 25.0 Å². The number of nitrogens with one attached hydrogen (secondary N) is 3. The molecule has 0 spiro atoms. The Morgan fingerprint density at radius 1 is 1.26 bits per heavy atom. The Morgan fingerprint density at radius 3 is 2.87 bits per heavy atom. The van der Waals surface area contributed by atoms with Gasteiger partial charge in [0.2, 0.25) is 5.91 Å². The first-order chi connectivity index (χ1) is 15.0. The quantitative estimate of drug-likeness (QED) is 0.547. The largest absolute Gasteiger partial charge is 0.365 e. The summed E-state index contributed by atoms with van der Waals surface area (Å²) < 4.78 is 1.55. The molecule has 2 aromatic carbocycles. The number of aromatic nitrogens is 3. The van der Waals surface area contributed by atoms with E-state index in [9.17, 15) is 9.59 Å². The van der Waals surface area contributed by atoms with Crippen LogP contribution in [0, 0.1) is 0 Å². The van der Waals surface area contributed by atoms with Gasteiger partial charge in [0, 0.05) is 17.8 Å². The Hall–Kier alpha value is -3.85. The third-order valence-electron chi connectivity index (χ3n) is 4.65. The summed E-state index contributed by atoms with van der Waals surface area (Å²) in [4.78, 5) is 30.8. The van der Waals surface area contributed by atoms with Gasteiger partial charge in [-0.05, 0) is 37.3 Å². The molecule has 2 amide bonds. The molecule has 0 saturated heterocycles. The zero-order valence-corrected chi connectivity index (χ0v) is 17.4. The van der Waals surface area contributed by atoms with Crippen molar-refractivity contribution in [2.24, 2.45) is 0 Å². The van der Waals surface area contributed by atoms with E-state index >= 15 is 0 Å². The van der Waals surface area contributed by atoms with Crippen LogP contribution in [0.25, 0.3) is 5.69 Å². The lowest BCUT2D eigenvalue weighted by Gasteiger charge is -2.25. The van der Waals surface area contributed by atoms with E-state index in [1.165, 1.54) is 12.7 Å². The summed E-state index contributed by atoms with van der Waals surface area (Å²) in [6, 6.07) is 12.4. The number of hydrogen-bond acceptors (Lipinski definition) is 6. The number of nitrogens with zero attached hydrogens (tertiary/aromatic N) is 4. The molecule has 9 nitrogen and oxygen atoms in total. The van der Waals surface area contributed by atoms with Crippen LogP contribution in [0.5, 0.6) is 0 Å². The van der Waals surface area contributed by atoms with Gasteiger partial charge < -0.3 is 20.9 Å². The molecule has 0 bridgehead atoms. The molecule has 1 aliphatic rings. The molecule has 3 N–H and O–H groups in total. The van der Waals surface area contributed by atoms with Crippen molar-refractivity contribution in [3.05, 3.63) is 77.7 Å². The minimum Gasteiger partial charge on any atom is -0.365 e. The first kappa shape index (κ1) is 20.4. The van der Waals surface area contributed by atoms with Gasteiger partial charge >= 0.3 is 0 Å². The second kappa shape index (κ2) is 8.88. The van der Waals surface area contributed by atoms with Gasteiger partial charge in [-0.15, -0.1) is 0 Å². The van der Waals surface area contributed by atoms with E-state index in [0.717, 1.165) is 5.69 Å². The number of para-hydroxylation sites is 1. The Morgan fingerprint density at radius 2 is 2.10 bits per heavy atom. The highest BCUT2D eigenvalue weighted by molar-refractivity contribution is 6.31. The number of carbonyl (C=O) groups is 2. The molecule has 0 aliphatic carbocycles. The summed E-state index contributed by atoms with van der Waals surface area (Å²) in [5.41, 5.74) is 2.45. The van der Waals surface area contributed by atoms with Crippen LogP contribution in [0.3, 0.4) is 0 Å². The van der Waals surface area contributed by atoms with E-state index in [1.807, 2.05) is 19.1 Å². The SMILES string of the molecule is CCN(C=C1NC(=O)c2ccccc2N1)CC(=O)Nc1cc(Cl)ccc1-n1cncn1. The highest BCUT2D eigenvalue weighted by atomic mass is 35.5. The van der Waals surface area contributed by atoms with E-state index in [1.54, 1.807) is 46.1 Å². The van der Waals surface area contributed by atoms with Crippen LogP contribution < -0.4 is 16.0 Å². The van der Waals surface area contributed by atoms with Crippen LogP contribution in [0.1, 0.15) is 17.3 Å². The van der Waals surface area contributed by atoms with Crippen molar-refractivity contribution >= 4 is 34.8 Å². The van der Waals surface area contributed by atoms with Crippen molar-refractivity contribution in [2.45, 2.75) is 6.92 Å². The van der Waals surface area contributed by atoms with Crippen LogP contribution in [0.2, 0.25) is 5.02 Å². The summed E-state index contributed by atoms with van der Waals surface area (Å²) in [5.74, 6) is 0.0618. The molecule has 2 heterocycles. The molecule has 1 aliphatic heterocycles. The molecule has 0 fully saturated rings. The maximum atomic E-state index is 12.7. The third-order valence-corrected chi connectivity index (χ3v) is 4.89. The standard InChI is InChI=1S/C21H20ClN7O2/c1-2-28(10-19-25-16-6-4-3-5-15(16)21(31)27-19)11-20(30)26-17-9-14(22)7-8-18(17)29-13-23-12-24-29/h3-10,12-13,25H,2,11H2,1H3,(H,26,30)(H,27,31). The fourth-order valence-corrected chi connectivity index (χ4v) is 3.34. The predicted octanol–water partition coefficient (Wildman–Crippen LogP) is 2.84. The zero-order valence-electron chi connectivity index (χ0n) is 16.7. The van der Waals surface area contributed by atoms with Crippen LogP contribution in [0.4, 0.5) is 11.4 Å². The lowest BCUT2D eigenvalue weighted by molar-refractivity contribution is -0.116. The molecule has 0 atom stereocenters. The van der Waals surface area contributed by atoms with E-state index in [4.69, 9.17) is 11.6 Å².